The van der Waals surface area contributed by atoms with Crippen LogP contribution in [0, 0.1) is 0 Å². The molecule has 3 N–H and O–H groups in total. The van der Waals surface area contributed by atoms with Crippen LogP contribution in [0.15, 0.2) is 12.2 Å². The molecule has 0 aromatic carbocycles. The molecule has 220 valence electrons. The van der Waals surface area contributed by atoms with Crippen LogP contribution >= 0.6 is 0 Å². The summed E-state index contributed by atoms with van der Waals surface area (Å²) in [7, 11) is 0. The van der Waals surface area contributed by atoms with Crippen molar-refractivity contribution >= 4 is 5.91 Å². The number of nitrogens with one attached hydrogen (secondary N) is 1. The van der Waals surface area contributed by atoms with E-state index in [1.54, 1.807) is 0 Å². The number of aliphatic hydroxyl groups is 2. The fraction of sp³-hybridized carbons (Fsp3) is 0.909. The Morgan fingerprint density at radius 1 is 0.622 bits per heavy atom. The van der Waals surface area contributed by atoms with E-state index in [0.29, 0.717) is 12.8 Å². The number of hydrogen-bond acceptors (Lipinski definition) is 3. The van der Waals surface area contributed by atoms with Crippen LogP contribution in [-0.4, -0.2) is 34.9 Å². The Bertz CT molecular complexity index is 494. The van der Waals surface area contributed by atoms with E-state index in [4.69, 9.17) is 0 Å². The summed E-state index contributed by atoms with van der Waals surface area (Å²) in [6, 6.07) is -0.533. The minimum absolute atomic E-state index is 0.0427. The molecule has 0 fully saturated rings. The summed E-state index contributed by atoms with van der Waals surface area (Å²) in [4.78, 5) is 12.3. The number of aliphatic hydroxyl groups excluding tert-OH is 2. The highest BCUT2D eigenvalue weighted by molar-refractivity contribution is 5.76. The van der Waals surface area contributed by atoms with Crippen molar-refractivity contribution in [2.24, 2.45) is 0 Å². The van der Waals surface area contributed by atoms with E-state index in [0.717, 1.165) is 25.7 Å². The second-order valence-corrected chi connectivity index (χ2v) is 11.2. The van der Waals surface area contributed by atoms with E-state index in [-0.39, 0.29) is 12.5 Å². The number of carbonyl (C=O) groups excluding carboxylic acids is 1. The summed E-state index contributed by atoms with van der Waals surface area (Å²) in [6.07, 6.45) is 33.9. The molecule has 0 rings (SSSR count). The van der Waals surface area contributed by atoms with Gasteiger partial charge in [-0.05, 0) is 38.5 Å². The van der Waals surface area contributed by atoms with Crippen molar-refractivity contribution in [1.29, 1.82) is 0 Å². The normalized spacial score (nSPS) is 13.3. The van der Waals surface area contributed by atoms with Crippen molar-refractivity contribution in [3.05, 3.63) is 12.2 Å². The van der Waals surface area contributed by atoms with Crippen LogP contribution in [0.3, 0.4) is 0 Å². The van der Waals surface area contributed by atoms with Crippen LogP contribution in [0.1, 0.15) is 174 Å². The van der Waals surface area contributed by atoms with Gasteiger partial charge in [-0.3, -0.25) is 4.79 Å². The zero-order chi connectivity index (χ0) is 27.2. The summed E-state index contributed by atoms with van der Waals surface area (Å²) in [6.45, 7) is 4.32. The van der Waals surface area contributed by atoms with Gasteiger partial charge >= 0.3 is 0 Å². The number of hydrogen-bond donors (Lipinski definition) is 3. The van der Waals surface area contributed by atoms with E-state index >= 15 is 0 Å². The van der Waals surface area contributed by atoms with Crippen LogP contribution in [0.25, 0.3) is 0 Å². The van der Waals surface area contributed by atoms with Gasteiger partial charge in [-0.1, -0.05) is 142 Å². The predicted molar refractivity (Wildman–Crippen MR) is 161 cm³/mol. The summed E-state index contributed by atoms with van der Waals surface area (Å²) < 4.78 is 0. The first kappa shape index (κ1) is 36.1. The molecule has 4 nitrogen and oxygen atoms in total. The monoisotopic (exact) mass is 523 g/mol. The fourth-order valence-electron chi connectivity index (χ4n) is 4.94. The Morgan fingerprint density at radius 3 is 1.49 bits per heavy atom. The summed E-state index contributed by atoms with van der Waals surface area (Å²) in [5, 5.41) is 22.9. The van der Waals surface area contributed by atoms with Gasteiger partial charge in [0.05, 0.1) is 18.8 Å². The number of rotatable bonds is 29. The zero-order valence-corrected chi connectivity index (χ0v) is 25.0. The molecular formula is C33H65NO3. The number of unbranched alkanes of at least 4 members (excludes halogenated alkanes) is 20. The molecule has 2 atom stereocenters. The van der Waals surface area contributed by atoms with Crippen LogP contribution in [0.5, 0.6) is 0 Å². The SMILES string of the molecule is CCCCCCC/C=C/CCCCCCCC(=O)N[C@@H](CO)[C@H](O)CCCCCCCCCCCCC. The largest absolute Gasteiger partial charge is 0.394 e. The quantitative estimate of drug-likeness (QED) is 0.0676. The second kappa shape index (κ2) is 29.7. The van der Waals surface area contributed by atoms with Crippen molar-refractivity contribution in [2.45, 2.75) is 187 Å². The Balaban J connectivity index is 3.60. The van der Waals surface area contributed by atoms with Gasteiger partial charge in [0.2, 0.25) is 5.91 Å². The maximum absolute atomic E-state index is 12.3. The lowest BCUT2D eigenvalue weighted by atomic mass is 10.0. The molecular weight excluding hydrogens is 458 g/mol. The summed E-state index contributed by atoms with van der Waals surface area (Å²) in [5.41, 5.74) is 0. The van der Waals surface area contributed by atoms with Crippen molar-refractivity contribution in [3.8, 4) is 0 Å². The van der Waals surface area contributed by atoms with Gasteiger partial charge in [0, 0.05) is 6.42 Å². The van der Waals surface area contributed by atoms with E-state index in [1.165, 1.54) is 122 Å². The minimum atomic E-state index is -0.656. The predicted octanol–water partition coefficient (Wildman–Crippen LogP) is 9.17. The molecule has 37 heavy (non-hydrogen) atoms. The van der Waals surface area contributed by atoms with Gasteiger partial charge in [-0.25, -0.2) is 0 Å². The Kier molecular flexibility index (Phi) is 29.0. The van der Waals surface area contributed by atoms with E-state index in [9.17, 15) is 15.0 Å². The fourth-order valence-corrected chi connectivity index (χ4v) is 4.94. The maximum Gasteiger partial charge on any atom is 0.220 e. The van der Waals surface area contributed by atoms with Gasteiger partial charge in [0.25, 0.3) is 0 Å². The lowest BCUT2D eigenvalue weighted by Gasteiger charge is -2.22. The first-order valence-corrected chi connectivity index (χ1v) is 16.4. The summed E-state index contributed by atoms with van der Waals surface area (Å²) >= 11 is 0. The molecule has 0 heterocycles. The Morgan fingerprint density at radius 2 is 1.03 bits per heavy atom. The van der Waals surface area contributed by atoms with Gasteiger partial charge in [0.15, 0.2) is 0 Å². The molecule has 0 saturated carbocycles. The lowest BCUT2D eigenvalue weighted by molar-refractivity contribution is -0.123. The molecule has 0 saturated heterocycles. The molecule has 0 radical (unpaired) electrons. The topological polar surface area (TPSA) is 69.6 Å². The van der Waals surface area contributed by atoms with Crippen molar-refractivity contribution in [3.63, 3.8) is 0 Å². The minimum Gasteiger partial charge on any atom is -0.394 e. The van der Waals surface area contributed by atoms with E-state index < -0.39 is 12.1 Å². The molecule has 0 aliphatic heterocycles. The first-order chi connectivity index (χ1) is 18.2. The highest BCUT2D eigenvalue weighted by atomic mass is 16.3. The molecule has 0 aromatic rings. The molecule has 0 aliphatic carbocycles. The molecule has 0 unspecified atom stereocenters. The number of carbonyl (C=O) groups is 1. The molecule has 1 amide bonds. The molecule has 4 heteroatoms. The molecule has 0 aliphatic rings. The average molecular weight is 524 g/mol. The highest BCUT2D eigenvalue weighted by Gasteiger charge is 2.19. The Hall–Kier alpha value is -0.870. The lowest BCUT2D eigenvalue weighted by Crippen LogP contribution is -2.45. The van der Waals surface area contributed by atoms with E-state index in [2.05, 4.69) is 31.3 Å². The smallest absolute Gasteiger partial charge is 0.220 e. The second-order valence-electron chi connectivity index (χ2n) is 11.2. The van der Waals surface area contributed by atoms with E-state index in [1.807, 2.05) is 0 Å². The van der Waals surface area contributed by atoms with Crippen LogP contribution < -0.4 is 5.32 Å². The standard InChI is InChI=1S/C33H65NO3/c1-3-5-7-9-11-13-15-16-17-19-21-23-25-27-29-33(37)34-31(30-35)32(36)28-26-24-22-20-18-14-12-10-8-6-4-2/h15-16,31-32,35-36H,3-14,17-30H2,1-2H3,(H,34,37)/b16-15+/t31-,32+/m0/s1. The zero-order valence-electron chi connectivity index (χ0n) is 25.0. The Labute approximate surface area is 231 Å². The van der Waals surface area contributed by atoms with Gasteiger partial charge < -0.3 is 15.5 Å². The van der Waals surface area contributed by atoms with Gasteiger partial charge in [-0.15, -0.1) is 0 Å². The third-order valence-electron chi connectivity index (χ3n) is 7.53. The summed E-state index contributed by atoms with van der Waals surface area (Å²) in [5.74, 6) is -0.0427. The average Bonchev–Trinajstić information content (AvgIpc) is 2.90. The number of allylic oxidation sites excluding steroid dienone is 2. The third kappa shape index (κ3) is 26.5. The number of amides is 1. The van der Waals surface area contributed by atoms with Gasteiger partial charge in [0.1, 0.15) is 0 Å². The van der Waals surface area contributed by atoms with Crippen molar-refractivity contribution < 1.29 is 15.0 Å². The molecule has 0 aromatic heterocycles. The van der Waals surface area contributed by atoms with Crippen molar-refractivity contribution in [2.75, 3.05) is 6.61 Å². The van der Waals surface area contributed by atoms with Crippen LogP contribution in [-0.2, 0) is 4.79 Å². The van der Waals surface area contributed by atoms with Gasteiger partial charge in [-0.2, -0.15) is 0 Å². The maximum atomic E-state index is 12.3. The van der Waals surface area contributed by atoms with Crippen molar-refractivity contribution in [1.82, 2.24) is 5.32 Å². The van der Waals surface area contributed by atoms with Crippen LogP contribution in [0.4, 0.5) is 0 Å². The third-order valence-corrected chi connectivity index (χ3v) is 7.53. The molecule has 0 bridgehead atoms. The van der Waals surface area contributed by atoms with Crippen LogP contribution in [0.2, 0.25) is 0 Å². The highest BCUT2D eigenvalue weighted by Crippen LogP contribution is 2.14. The first-order valence-electron chi connectivity index (χ1n) is 16.4. The molecule has 0 spiro atoms.